The molecule has 10 nitrogen and oxygen atoms in total. The Bertz CT molecular complexity index is 1390. The van der Waals surface area contributed by atoms with Crippen LogP contribution in [0.4, 0.5) is 10.5 Å². The molecule has 5 rings (SSSR count). The molecule has 0 saturated carbocycles. The van der Waals surface area contributed by atoms with E-state index >= 15 is 0 Å². The summed E-state index contributed by atoms with van der Waals surface area (Å²) < 4.78 is 18.0. The van der Waals surface area contributed by atoms with Crippen molar-refractivity contribution in [1.82, 2.24) is 10.2 Å². The van der Waals surface area contributed by atoms with Gasteiger partial charge in [-0.1, -0.05) is 73.7 Å². The number of aliphatic hydroxyl groups is 2. The summed E-state index contributed by atoms with van der Waals surface area (Å²) in [7, 11) is 1.29. The molecule has 2 saturated heterocycles. The number of amides is 2. The van der Waals surface area contributed by atoms with Gasteiger partial charge in [-0.15, -0.1) is 0 Å². The van der Waals surface area contributed by atoms with E-state index in [1.165, 1.54) is 7.11 Å². The summed E-state index contributed by atoms with van der Waals surface area (Å²) in [6, 6.07) is 23.0. The fourth-order valence-electron chi connectivity index (χ4n) is 5.83. The summed E-state index contributed by atoms with van der Waals surface area (Å²) in [5.74, 6) is -0.526. The number of rotatable bonds is 10. The number of ether oxygens (including phenoxy) is 3. The van der Waals surface area contributed by atoms with Gasteiger partial charge in [0.15, 0.2) is 6.29 Å². The van der Waals surface area contributed by atoms with Crippen molar-refractivity contribution >= 4 is 17.7 Å². The minimum absolute atomic E-state index is 0.0101. The number of β-amino-alcohol motifs (C(OH)–C–C–N with tert-alkyl or cyclic N) is 1. The molecular weight excluding hydrogens is 562 g/mol. The molecule has 234 valence electrons. The van der Waals surface area contributed by atoms with Gasteiger partial charge in [-0.05, 0) is 35.2 Å². The van der Waals surface area contributed by atoms with Crippen molar-refractivity contribution in [2.24, 2.45) is 5.92 Å². The maximum absolute atomic E-state index is 13.0. The lowest BCUT2D eigenvalue weighted by Crippen LogP contribution is -2.45. The van der Waals surface area contributed by atoms with Gasteiger partial charge in [0.25, 0.3) is 0 Å². The summed E-state index contributed by atoms with van der Waals surface area (Å²) in [5.41, 5.74) is 3.94. The molecule has 2 aliphatic heterocycles. The van der Waals surface area contributed by atoms with E-state index in [4.69, 9.17) is 14.2 Å². The number of hydrogen-bond acceptors (Lipinski definition) is 8. The standard InChI is InChI=1S/C34H41N3O7/c1-22-30(20-37-16-15-28(39)19-37)43-33(44-31(22)25-13-11-24(21-38)12-14-25)26-9-6-10-27(18-26)35-34(41)36-29(32(40)42-2)17-23-7-4-3-5-8-23/h3-14,18,22,28-31,33,38-39H,15-17,19-21H2,1-2H3,(H2,35,36,41)/t22-,28-,29-,30+,31+,33+/m0/s1. The molecule has 0 aromatic heterocycles. The predicted octanol–water partition coefficient (Wildman–Crippen LogP) is 3.94. The minimum Gasteiger partial charge on any atom is -0.467 e. The summed E-state index contributed by atoms with van der Waals surface area (Å²) in [5, 5.41) is 25.2. The lowest BCUT2D eigenvalue weighted by Gasteiger charge is -2.42. The van der Waals surface area contributed by atoms with E-state index in [9.17, 15) is 19.8 Å². The third-order valence-electron chi connectivity index (χ3n) is 8.30. The van der Waals surface area contributed by atoms with Gasteiger partial charge in [0, 0.05) is 43.2 Å². The number of anilines is 1. The molecule has 4 N–H and O–H groups in total. The van der Waals surface area contributed by atoms with Gasteiger partial charge < -0.3 is 35.1 Å². The zero-order valence-corrected chi connectivity index (χ0v) is 25.1. The van der Waals surface area contributed by atoms with Crippen LogP contribution in [0.5, 0.6) is 0 Å². The van der Waals surface area contributed by atoms with Crippen LogP contribution in [-0.4, -0.2) is 72.1 Å². The quantitative estimate of drug-likeness (QED) is 0.257. The molecule has 6 atom stereocenters. The molecule has 3 aromatic rings. The van der Waals surface area contributed by atoms with Crippen LogP contribution in [-0.2, 0) is 32.0 Å². The maximum Gasteiger partial charge on any atom is 0.328 e. The molecule has 2 heterocycles. The van der Waals surface area contributed by atoms with Crippen molar-refractivity contribution in [2.75, 3.05) is 32.1 Å². The zero-order valence-electron chi connectivity index (χ0n) is 25.1. The van der Waals surface area contributed by atoms with E-state index in [0.29, 0.717) is 25.2 Å². The van der Waals surface area contributed by atoms with Crippen molar-refractivity contribution in [3.8, 4) is 0 Å². The Balaban J connectivity index is 1.31. The first kappa shape index (κ1) is 31.6. The van der Waals surface area contributed by atoms with Crippen molar-refractivity contribution in [2.45, 2.75) is 57.0 Å². The third kappa shape index (κ3) is 8.02. The highest BCUT2D eigenvalue weighted by Gasteiger charge is 2.40. The Kier molecular flexibility index (Phi) is 10.6. The van der Waals surface area contributed by atoms with E-state index in [1.807, 2.05) is 66.7 Å². The SMILES string of the molecule is COC(=O)[C@H](Cc1ccccc1)NC(=O)Nc1cccc([C@@H]2O[C@H](CN3CC[C@H](O)C3)[C@H](C)[C@H](c3ccc(CO)cc3)O2)c1. The van der Waals surface area contributed by atoms with Gasteiger partial charge in [0.2, 0.25) is 0 Å². The number of esters is 1. The van der Waals surface area contributed by atoms with Gasteiger partial charge in [-0.25, -0.2) is 9.59 Å². The molecule has 10 heteroatoms. The number of likely N-dealkylation sites (tertiary alicyclic amines) is 1. The molecule has 2 aliphatic rings. The number of methoxy groups -OCH3 is 1. The van der Waals surface area contributed by atoms with Gasteiger partial charge in [0.1, 0.15) is 6.04 Å². The van der Waals surface area contributed by atoms with E-state index in [1.54, 1.807) is 12.1 Å². The van der Waals surface area contributed by atoms with E-state index in [-0.39, 0.29) is 30.8 Å². The van der Waals surface area contributed by atoms with Gasteiger partial charge in [-0.3, -0.25) is 4.90 Å². The first-order valence-electron chi connectivity index (χ1n) is 15.0. The van der Waals surface area contributed by atoms with Gasteiger partial charge in [-0.2, -0.15) is 0 Å². The number of carbonyl (C=O) groups excluding carboxylic acids is 2. The Morgan fingerprint density at radius 2 is 1.77 bits per heavy atom. The Hall–Kier alpha value is -3.80. The maximum atomic E-state index is 13.0. The van der Waals surface area contributed by atoms with Crippen LogP contribution >= 0.6 is 0 Å². The smallest absolute Gasteiger partial charge is 0.328 e. The molecule has 0 bridgehead atoms. The largest absolute Gasteiger partial charge is 0.467 e. The number of hydrogen-bond donors (Lipinski definition) is 4. The number of nitrogens with one attached hydrogen (secondary N) is 2. The minimum atomic E-state index is -0.861. The zero-order chi connectivity index (χ0) is 31.1. The number of benzene rings is 3. The van der Waals surface area contributed by atoms with Gasteiger partial charge >= 0.3 is 12.0 Å². The molecule has 0 aliphatic carbocycles. The summed E-state index contributed by atoms with van der Waals surface area (Å²) in [4.78, 5) is 27.6. The second-order valence-corrected chi connectivity index (χ2v) is 11.5. The summed E-state index contributed by atoms with van der Waals surface area (Å²) in [6.45, 7) is 4.14. The lowest BCUT2D eigenvalue weighted by molar-refractivity contribution is -0.276. The topological polar surface area (TPSA) is 130 Å². The van der Waals surface area contributed by atoms with Crippen molar-refractivity contribution in [3.05, 3.63) is 101 Å². The number of aliphatic hydroxyl groups excluding tert-OH is 2. The molecule has 2 fully saturated rings. The molecule has 0 spiro atoms. The molecule has 0 radical (unpaired) electrons. The first-order valence-corrected chi connectivity index (χ1v) is 15.0. The van der Waals surface area contributed by atoms with Gasteiger partial charge in [0.05, 0.1) is 32.0 Å². The molecular formula is C34H41N3O7. The molecule has 3 aromatic carbocycles. The molecule has 44 heavy (non-hydrogen) atoms. The fourth-order valence-corrected chi connectivity index (χ4v) is 5.83. The normalized spacial score (nSPS) is 24.4. The third-order valence-corrected chi connectivity index (χ3v) is 8.30. The highest BCUT2D eigenvalue weighted by Crippen LogP contribution is 2.42. The second-order valence-electron chi connectivity index (χ2n) is 11.5. The highest BCUT2D eigenvalue weighted by atomic mass is 16.7. The van der Waals surface area contributed by atoms with Crippen molar-refractivity contribution in [1.29, 1.82) is 0 Å². The highest BCUT2D eigenvalue weighted by molar-refractivity contribution is 5.92. The van der Waals surface area contributed by atoms with E-state index < -0.39 is 24.3 Å². The van der Waals surface area contributed by atoms with Crippen molar-refractivity contribution < 1.29 is 34.0 Å². The first-order chi connectivity index (χ1) is 21.3. The number of nitrogens with zero attached hydrogens (tertiary/aromatic N) is 1. The Morgan fingerprint density at radius 1 is 1.00 bits per heavy atom. The summed E-state index contributed by atoms with van der Waals surface area (Å²) >= 11 is 0. The van der Waals surface area contributed by atoms with Crippen LogP contribution in [0.2, 0.25) is 0 Å². The molecule has 0 unspecified atom stereocenters. The van der Waals surface area contributed by atoms with Crippen LogP contribution in [0.15, 0.2) is 78.9 Å². The van der Waals surface area contributed by atoms with Crippen LogP contribution in [0.1, 0.15) is 48.0 Å². The Labute approximate surface area is 257 Å². The number of carbonyl (C=O) groups is 2. The van der Waals surface area contributed by atoms with Crippen LogP contribution in [0.25, 0.3) is 0 Å². The van der Waals surface area contributed by atoms with Crippen LogP contribution in [0.3, 0.4) is 0 Å². The average molecular weight is 604 g/mol. The summed E-state index contributed by atoms with van der Waals surface area (Å²) in [6.07, 6.45) is -0.470. The Morgan fingerprint density at radius 3 is 2.45 bits per heavy atom. The van der Waals surface area contributed by atoms with Crippen LogP contribution in [0, 0.1) is 5.92 Å². The van der Waals surface area contributed by atoms with E-state index in [2.05, 4.69) is 22.5 Å². The van der Waals surface area contributed by atoms with Crippen molar-refractivity contribution in [3.63, 3.8) is 0 Å². The molecule has 2 amide bonds. The van der Waals surface area contributed by atoms with Crippen LogP contribution < -0.4 is 10.6 Å². The monoisotopic (exact) mass is 603 g/mol. The lowest BCUT2D eigenvalue weighted by atomic mass is 9.90. The second kappa shape index (κ2) is 14.8. The average Bonchev–Trinajstić information content (AvgIpc) is 3.46. The fraction of sp³-hybridized carbons (Fsp3) is 0.412. The van der Waals surface area contributed by atoms with E-state index in [0.717, 1.165) is 35.2 Å². The number of urea groups is 1. The predicted molar refractivity (Wildman–Crippen MR) is 165 cm³/mol.